The molecular weight excluding hydrogens is 417 g/mol. The lowest BCUT2D eigenvalue weighted by Crippen LogP contribution is -2.31. The van der Waals surface area contributed by atoms with Crippen LogP contribution < -0.4 is 21.9 Å². The smallest absolute Gasteiger partial charge is 0.238 e. The lowest BCUT2D eigenvalue weighted by Gasteiger charge is -2.09. The second kappa shape index (κ2) is 12.4. The van der Waals surface area contributed by atoms with Crippen molar-refractivity contribution in [1.82, 2.24) is 10.4 Å². The number of carbonyl (C=O) groups excluding carboxylic acids is 3. The Bertz CT molecular complexity index is 937. The number of nitrogens with zero attached hydrogens (tertiary/aromatic N) is 1. The molecule has 0 radical (unpaired) electrons. The van der Waals surface area contributed by atoms with Crippen molar-refractivity contribution in [2.45, 2.75) is 20.3 Å². The summed E-state index contributed by atoms with van der Waals surface area (Å²) in [6.07, 6.45) is 1.70. The standard InChI is InChI=1S/C19H19N5O3.2ClH/c1-12(25)22-17-9-16(11-21-19(17)23-13(2)26)8-5-14-3-6-15(7-4-14)10-18(27)24-20;;/h3-4,6-7,9,11H,10,20H2,1-2H3,(H,22,25)(H,24,27)(H,21,23,26);2*1H. The molecule has 0 spiro atoms. The number of pyridine rings is 1. The van der Waals surface area contributed by atoms with Crippen LogP contribution >= 0.6 is 24.8 Å². The molecule has 154 valence electrons. The van der Waals surface area contributed by atoms with Gasteiger partial charge in [0, 0.05) is 31.2 Å². The quantitative estimate of drug-likeness (QED) is 0.251. The first-order chi connectivity index (χ1) is 12.9. The number of anilines is 2. The van der Waals surface area contributed by atoms with Crippen molar-refractivity contribution < 1.29 is 14.4 Å². The number of hydrogen-bond acceptors (Lipinski definition) is 5. The summed E-state index contributed by atoms with van der Waals surface area (Å²) in [6.45, 7) is 2.72. The highest BCUT2D eigenvalue weighted by Crippen LogP contribution is 2.20. The van der Waals surface area contributed by atoms with Gasteiger partial charge in [-0.3, -0.25) is 19.8 Å². The predicted octanol–water partition coefficient (Wildman–Crippen LogP) is 1.77. The Balaban J connectivity index is 0.00000392. The molecule has 1 aromatic carbocycles. The number of carbonyl (C=O) groups is 3. The Labute approximate surface area is 180 Å². The van der Waals surface area contributed by atoms with Crippen LogP contribution in [0.5, 0.6) is 0 Å². The number of rotatable bonds is 4. The van der Waals surface area contributed by atoms with Crippen molar-refractivity contribution in [3.63, 3.8) is 0 Å². The summed E-state index contributed by atoms with van der Waals surface area (Å²) in [5, 5.41) is 5.17. The van der Waals surface area contributed by atoms with E-state index in [1.54, 1.807) is 30.3 Å². The lowest BCUT2D eigenvalue weighted by molar-refractivity contribution is -0.120. The second-order valence-electron chi connectivity index (χ2n) is 5.67. The van der Waals surface area contributed by atoms with Crippen molar-refractivity contribution in [3.8, 4) is 11.8 Å². The first-order valence-corrected chi connectivity index (χ1v) is 8.03. The van der Waals surface area contributed by atoms with Crippen LogP contribution in [-0.4, -0.2) is 22.7 Å². The van der Waals surface area contributed by atoms with E-state index < -0.39 is 0 Å². The summed E-state index contributed by atoms with van der Waals surface area (Å²) in [6, 6.07) is 8.80. The Morgan fingerprint density at radius 2 is 1.55 bits per heavy atom. The maximum absolute atomic E-state index is 11.3. The molecule has 8 nitrogen and oxygen atoms in total. The number of halogens is 2. The maximum atomic E-state index is 11.3. The Morgan fingerprint density at radius 3 is 2.10 bits per heavy atom. The van der Waals surface area contributed by atoms with Crippen molar-refractivity contribution in [1.29, 1.82) is 0 Å². The minimum Gasteiger partial charge on any atom is -0.323 e. The van der Waals surface area contributed by atoms with E-state index in [1.807, 2.05) is 0 Å². The molecular formula is C19H21Cl2N5O3. The fourth-order valence-electron chi connectivity index (χ4n) is 2.17. The zero-order valence-electron chi connectivity index (χ0n) is 15.7. The highest BCUT2D eigenvalue weighted by atomic mass is 35.5. The number of hydrogen-bond donors (Lipinski definition) is 4. The molecule has 0 fully saturated rings. The van der Waals surface area contributed by atoms with E-state index >= 15 is 0 Å². The summed E-state index contributed by atoms with van der Waals surface area (Å²) in [7, 11) is 0. The molecule has 29 heavy (non-hydrogen) atoms. The van der Waals surface area contributed by atoms with E-state index in [-0.39, 0.29) is 54.8 Å². The van der Waals surface area contributed by atoms with Crippen molar-refractivity contribution in [2.24, 2.45) is 5.84 Å². The van der Waals surface area contributed by atoms with Crippen LogP contribution in [0.25, 0.3) is 0 Å². The van der Waals surface area contributed by atoms with E-state index in [1.165, 1.54) is 20.0 Å². The Morgan fingerprint density at radius 1 is 0.966 bits per heavy atom. The Hall–Kier alpha value is -3.12. The third kappa shape index (κ3) is 8.62. The van der Waals surface area contributed by atoms with E-state index in [2.05, 4.69) is 32.9 Å². The second-order valence-corrected chi connectivity index (χ2v) is 5.67. The van der Waals surface area contributed by atoms with Gasteiger partial charge in [-0.1, -0.05) is 24.0 Å². The van der Waals surface area contributed by atoms with E-state index in [0.717, 1.165) is 11.1 Å². The molecule has 2 rings (SSSR count). The topological polar surface area (TPSA) is 126 Å². The predicted molar refractivity (Wildman–Crippen MR) is 116 cm³/mol. The van der Waals surface area contributed by atoms with Gasteiger partial charge in [0.2, 0.25) is 17.7 Å². The number of aromatic nitrogens is 1. The van der Waals surface area contributed by atoms with Gasteiger partial charge in [-0.25, -0.2) is 10.8 Å². The highest BCUT2D eigenvalue weighted by molar-refractivity contribution is 5.97. The molecule has 1 aromatic heterocycles. The van der Waals surface area contributed by atoms with Crippen LogP contribution in [0, 0.1) is 11.8 Å². The van der Waals surface area contributed by atoms with Gasteiger partial charge in [0.25, 0.3) is 0 Å². The van der Waals surface area contributed by atoms with Gasteiger partial charge in [0.1, 0.15) is 0 Å². The molecule has 0 aliphatic rings. The molecule has 0 aliphatic carbocycles. The normalized spacial score (nSPS) is 8.93. The molecule has 1 heterocycles. The fourth-order valence-corrected chi connectivity index (χ4v) is 2.17. The van der Waals surface area contributed by atoms with Gasteiger partial charge in [-0.05, 0) is 23.8 Å². The third-order valence-corrected chi connectivity index (χ3v) is 3.32. The minimum atomic E-state index is -0.295. The molecule has 0 aliphatic heterocycles. The summed E-state index contributed by atoms with van der Waals surface area (Å²) in [5.74, 6) is 10.4. The average molecular weight is 438 g/mol. The number of nitrogens with two attached hydrogens (primary N) is 1. The molecule has 2 aromatic rings. The first kappa shape index (κ1) is 25.9. The molecule has 0 atom stereocenters. The van der Waals surface area contributed by atoms with Crippen LogP contribution in [0.2, 0.25) is 0 Å². The maximum Gasteiger partial charge on any atom is 0.238 e. The first-order valence-electron chi connectivity index (χ1n) is 8.03. The molecule has 5 N–H and O–H groups in total. The largest absolute Gasteiger partial charge is 0.323 e. The van der Waals surface area contributed by atoms with Gasteiger partial charge in [-0.2, -0.15) is 0 Å². The van der Waals surface area contributed by atoms with E-state index in [4.69, 9.17) is 5.84 Å². The molecule has 3 amide bonds. The number of hydrazine groups is 1. The molecule has 10 heteroatoms. The average Bonchev–Trinajstić information content (AvgIpc) is 2.62. The summed E-state index contributed by atoms with van der Waals surface area (Å²) >= 11 is 0. The van der Waals surface area contributed by atoms with Crippen molar-refractivity contribution in [3.05, 3.63) is 53.2 Å². The molecule has 0 saturated carbocycles. The van der Waals surface area contributed by atoms with Crippen molar-refractivity contribution in [2.75, 3.05) is 10.6 Å². The van der Waals surface area contributed by atoms with Crippen LogP contribution in [0.3, 0.4) is 0 Å². The van der Waals surface area contributed by atoms with Crippen LogP contribution in [0.1, 0.15) is 30.5 Å². The van der Waals surface area contributed by atoms with Crippen molar-refractivity contribution >= 4 is 54.0 Å². The summed E-state index contributed by atoms with van der Waals surface area (Å²) in [5.41, 5.74) is 4.58. The van der Waals surface area contributed by atoms with E-state index in [9.17, 15) is 14.4 Å². The minimum absolute atomic E-state index is 0. The highest BCUT2D eigenvalue weighted by Gasteiger charge is 2.08. The van der Waals surface area contributed by atoms with Crippen LogP contribution in [-0.2, 0) is 20.8 Å². The van der Waals surface area contributed by atoms with Crippen LogP contribution in [0.4, 0.5) is 11.5 Å². The van der Waals surface area contributed by atoms with Crippen LogP contribution in [0.15, 0.2) is 36.5 Å². The lowest BCUT2D eigenvalue weighted by atomic mass is 10.1. The molecule has 0 saturated heterocycles. The number of nitrogens with one attached hydrogen (secondary N) is 3. The number of benzene rings is 1. The van der Waals surface area contributed by atoms with Gasteiger partial charge in [0.05, 0.1) is 12.1 Å². The number of amides is 3. The SMILES string of the molecule is CC(=O)Nc1cc(C#Cc2ccc(CC(=O)NN)cc2)cnc1NC(C)=O.Cl.Cl. The zero-order valence-corrected chi connectivity index (χ0v) is 17.4. The zero-order chi connectivity index (χ0) is 19.8. The molecule has 0 bridgehead atoms. The van der Waals surface area contributed by atoms with Gasteiger partial charge in [-0.15, -0.1) is 24.8 Å². The summed E-state index contributed by atoms with van der Waals surface area (Å²) in [4.78, 5) is 38.0. The van der Waals surface area contributed by atoms with Gasteiger partial charge >= 0.3 is 0 Å². The van der Waals surface area contributed by atoms with Gasteiger partial charge in [0.15, 0.2) is 5.82 Å². The molecule has 0 unspecified atom stereocenters. The summed E-state index contributed by atoms with van der Waals surface area (Å²) < 4.78 is 0. The monoisotopic (exact) mass is 437 g/mol. The Kier molecular flexibility index (Phi) is 11.0. The van der Waals surface area contributed by atoms with Gasteiger partial charge < -0.3 is 10.6 Å². The van der Waals surface area contributed by atoms with E-state index in [0.29, 0.717) is 11.3 Å². The third-order valence-electron chi connectivity index (χ3n) is 3.32. The fraction of sp³-hybridized carbons (Fsp3) is 0.158.